The number of benzene rings is 2. The maximum atomic E-state index is 12.2. The van der Waals surface area contributed by atoms with Gasteiger partial charge in [-0.1, -0.05) is 30.3 Å². The highest BCUT2D eigenvalue weighted by atomic mass is 16.5. The number of carbonyl (C=O) groups excluding carboxylic acids is 1. The average Bonchev–Trinajstić information content (AvgIpc) is 3.36. The number of nitrogens with one attached hydrogen (secondary N) is 1. The normalized spacial score (nSPS) is 10.9. The number of para-hydroxylation sites is 3. The third kappa shape index (κ3) is 3.73. The van der Waals surface area contributed by atoms with E-state index in [1.54, 1.807) is 17.2 Å². The van der Waals surface area contributed by atoms with E-state index in [0.717, 1.165) is 12.1 Å². The monoisotopic (exact) mass is 375 g/mol. The number of hydrogen-bond acceptors (Lipinski definition) is 4. The van der Waals surface area contributed by atoms with Crippen LogP contribution in [0.2, 0.25) is 0 Å². The van der Waals surface area contributed by atoms with Crippen molar-refractivity contribution in [2.45, 2.75) is 6.42 Å². The number of fused-ring (bicyclic) bond motifs is 1. The fraction of sp³-hybridized carbons (Fsp3) is 0.190. The fourth-order valence-corrected chi connectivity index (χ4v) is 3.27. The molecule has 1 N–H and O–H groups in total. The Bertz CT molecular complexity index is 1090. The first kappa shape index (κ1) is 17.8. The molecule has 0 aliphatic carbocycles. The van der Waals surface area contributed by atoms with Gasteiger partial charge in [-0.05, 0) is 30.2 Å². The van der Waals surface area contributed by atoms with Gasteiger partial charge >= 0.3 is 0 Å². The van der Waals surface area contributed by atoms with Gasteiger partial charge in [0, 0.05) is 30.7 Å². The lowest BCUT2D eigenvalue weighted by Crippen LogP contribution is -2.30. The second-order valence-electron chi connectivity index (χ2n) is 6.51. The zero-order valence-electron chi connectivity index (χ0n) is 15.6. The highest BCUT2D eigenvalue weighted by Gasteiger charge is 2.09. The molecular weight excluding hydrogens is 354 g/mol. The number of nitrogens with zero attached hydrogens (tertiary/aromatic N) is 4. The molecule has 2 aromatic carbocycles. The van der Waals surface area contributed by atoms with E-state index < -0.39 is 0 Å². The topological polar surface area (TPSA) is 74.0 Å². The Balaban J connectivity index is 1.32. The van der Waals surface area contributed by atoms with Crippen molar-refractivity contribution in [3.63, 3.8) is 0 Å². The number of aromatic nitrogens is 4. The van der Waals surface area contributed by atoms with Gasteiger partial charge in [0.15, 0.2) is 6.61 Å². The largest absolute Gasteiger partial charge is 0.482 e. The van der Waals surface area contributed by atoms with Crippen LogP contribution in [0.25, 0.3) is 16.6 Å². The highest BCUT2D eigenvalue weighted by Crippen LogP contribution is 2.22. The molecule has 2 aromatic heterocycles. The molecule has 0 aliphatic heterocycles. The van der Waals surface area contributed by atoms with Crippen LogP contribution in [0.5, 0.6) is 5.75 Å². The van der Waals surface area contributed by atoms with Crippen LogP contribution in [0, 0.1) is 0 Å². The van der Waals surface area contributed by atoms with E-state index >= 15 is 0 Å². The van der Waals surface area contributed by atoms with E-state index in [9.17, 15) is 4.79 Å². The van der Waals surface area contributed by atoms with Crippen LogP contribution in [-0.2, 0) is 18.3 Å². The Morgan fingerprint density at radius 1 is 1.07 bits per heavy atom. The predicted octanol–water partition coefficient (Wildman–Crippen LogP) is 2.50. The molecule has 1 amide bonds. The molecule has 0 radical (unpaired) electrons. The van der Waals surface area contributed by atoms with E-state index in [-0.39, 0.29) is 12.5 Å². The first-order valence-corrected chi connectivity index (χ1v) is 9.09. The molecule has 7 nitrogen and oxygen atoms in total. The number of rotatable bonds is 7. The summed E-state index contributed by atoms with van der Waals surface area (Å²) in [5.41, 5.74) is 3.20. The van der Waals surface area contributed by atoms with Crippen molar-refractivity contribution in [3.05, 3.63) is 72.9 Å². The summed E-state index contributed by atoms with van der Waals surface area (Å²) < 4.78 is 9.56. The Labute approximate surface area is 162 Å². The summed E-state index contributed by atoms with van der Waals surface area (Å²) in [4.78, 5) is 12.2. The van der Waals surface area contributed by atoms with E-state index in [1.807, 2.05) is 43.4 Å². The number of ether oxygens (including phenoxy) is 1. The van der Waals surface area contributed by atoms with Crippen molar-refractivity contribution in [3.8, 4) is 11.4 Å². The van der Waals surface area contributed by atoms with Crippen LogP contribution in [-0.4, -0.2) is 38.4 Å². The van der Waals surface area contributed by atoms with Gasteiger partial charge < -0.3 is 14.6 Å². The van der Waals surface area contributed by atoms with Gasteiger partial charge in [-0.3, -0.25) is 9.36 Å². The number of carbonyl (C=O) groups is 1. The standard InChI is InChI=1S/C21H21N5O2/c1-25-12-16(17-6-2-3-7-18(17)25)10-11-22-21(27)13-28-20-9-5-4-8-19(20)26-14-23-24-15-26/h2-9,12,14-15H,10-11,13H2,1H3,(H,22,27). The van der Waals surface area contributed by atoms with E-state index in [0.29, 0.717) is 12.3 Å². The fourth-order valence-electron chi connectivity index (χ4n) is 3.27. The third-order valence-electron chi connectivity index (χ3n) is 4.62. The zero-order chi connectivity index (χ0) is 19.3. The highest BCUT2D eigenvalue weighted by molar-refractivity contribution is 5.84. The molecular formula is C21H21N5O2. The van der Waals surface area contributed by atoms with Crippen LogP contribution >= 0.6 is 0 Å². The van der Waals surface area contributed by atoms with Gasteiger partial charge in [0.2, 0.25) is 0 Å². The minimum atomic E-state index is -0.154. The molecule has 142 valence electrons. The van der Waals surface area contributed by atoms with Gasteiger partial charge in [-0.15, -0.1) is 10.2 Å². The van der Waals surface area contributed by atoms with E-state index in [4.69, 9.17) is 4.74 Å². The smallest absolute Gasteiger partial charge is 0.257 e. The number of hydrogen-bond donors (Lipinski definition) is 1. The molecule has 2 heterocycles. The maximum absolute atomic E-state index is 12.2. The van der Waals surface area contributed by atoms with E-state index in [1.165, 1.54) is 16.5 Å². The average molecular weight is 375 g/mol. The van der Waals surface area contributed by atoms with Gasteiger partial charge in [-0.25, -0.2) is 0 Å². The summed E-state index contributed by atoms with van der Waals surface area (Å²) in [6.45, 7) is 0.512. The molecule has 0 spiro atoms. The van der Waals surface area contributed by atoms with Crippen LogP contribution < -0.4 is 10.1 Å². The quantitative estimate of drug-likeness (QED) is 0.539. The molecule has 4 aromatic rings. The van der Waals surface area contributed by atoms with Crippen molar-refractivity contribution in [2.24, 2.45) is 7.05 Å². The summed E-state index contributed by atoms with van der Waals surface area (Å²) in [5.74, 6) is 0.449. The molecule has 0 fully saturated rings. The Kier molecular flexibility index (Phi) is 5.05. The molecule has 0 saturated heterocycles. The summed E-state index contributed by atoms with van der Waals surface area (Å²) >= 11 is 0. The second-order valence-corrected chi connectivity index (χ2v) is 6.51. The van der Waals surface area contributed by atoms with Crippen molar-refractivity contribution in [1.29, 1.82) is 0 Å². The lowest BCUT2D eigenvalue weighted by atomic mass is 10.1. The summed E-state index contributed by atoms with van der Waals surface area (Å²) in [6, 6.07) is 15.7. The van der Waals surface area contributed by atoms with Crippen molar-refractivity contribution in [2.75, 3.05) is 13.2 Å². The lowest BCUT2D eigenvalue weighted by molar-refractivity contribution is -0.123. The van der Waals surface area contributed by atoms with Crippen molar-refractivity contribution < 1.29 is 9.53 Å². The van der Waals surface area contributed by atoms with Crippen molar-refractivity contribution in [1.82, 2.24) is 24.6 Å². The lowest BCUT2D eigenvalue weighted by Gasteiger charge is -2.11. The number of amides is 1. The maximum Gasteiger partial charge on any atom is 0.257 e. The first-order chi connectivity index (χ1) is 13.7. The van der Waals surface area contributed by atoms with Gasteiger partial charge in [-0.2, -0.15) is 0 Å². The van der Waals surface area contributed by atoms with Crippen molar-refractivity contribution >= 4 is 16.8 Å². The van der Waals surface area contributed by atoms with Gasteiger partial charge in [0.25, 0.3) is 5.91 Å². The second kappa shape index (κ2) is 7.96. The molecule has 0 unspecified atom stereocenters. The third-order valence-corrected chi connectivity index (χ3v) is 4.62. The number of aryl methyl sites for hydroxylation is 1. The minimum absolute atomic E-state index is 0.0469. The molecule has 0 atom stereocenters. The summed E-state index contributed by atoms with van der Waals surface area (Å²) in [6.07, 6.45) is 6.06. The van der Waals surface area contributed by atoms with E-state index in [2.05, 4.69) is 38.4 Å². The van der Waals surface area contributed by atoms with Crippen LogP contribution in [0.4, 0.5) is 0 Å². The zero-order valence-corrected chi connectivity index (χ0v) is 15.6. The molecule has 7 heteroatoms. The van der Waals surface area contributed by atoms with Gasteiger partial charge in [0.05, 0.1) is 5.69 Å². The van der Waals surface area contributed by atoms with Gasteiger partial charge in [0.1, 0.15) is 18.4 Å². The molecule has 0 saturated carbocycles. The molecule has 4 rings (SSSR count). The van der Waals surface area contributed by atoms with Crippen LogP contribution in [0.1, 0.15) is 5.56 Å². The summed E-state index contributed by atoms with van der Waals surface area (Å²) in [5, 5.41) is 11.8. The summed E-state index contributed by atoms with van der Waals surface area (Å²) in [7, 11) is 2.03. The minimum Gasteiger partial charge on any atom is -0.482 e. The Hall–Kier alpha value is -3.61. The Morgan fingerprint density at radius 2 is 1.82 bits per heavy atom. The predicted molar refractivity (Wildman–Crippen MR) is 106 cm³/mol. The SMILES string of the molecule is Cn1cc(CCNC(=O)COc2ccccc2-n2cnnc2)c2ccccc21. The molecule has 0 bridgehead atoms. The van der Waals surface area contributed by atoms with Crippen LogP contribution in [0.3, 0.4) is 0 Å². The molecule has 0 aliphatic rings. The van der Waals surface area contributed by atoms with Crippen LogP contribution in [0.15, 0.2) is 67.4 Å². The molecule has 28 heavy (non-hydrogen) atoms. The Morgan fingerprint density at radius 3 is 2.68 bits per heavy atom. The first-order valence-electron chi connectivity index (χ1n) is 9.09.